The minimum absolute atomic E-state index is 0.0308. The Morgan fingerprint density at radius 3 is 2.94 bits per heavy atom. The lowest BCUT2D eigenvalue weighted by Gasteiger charge is -2.30. The molecular weight excluding hydrogens is 234 g/mol. The predicted octanol–water partition coefficient (Wildman–Crippen LogP) is 0.355. The predicted molar refractivity (Wildman–Crippen MR) is 65.0 cm³/mol. The highest BCUT2D eigenvalue weighted by Gasteiger charge is 2.28. The molecule has 1 fully saturated rings. The fourth-order valence-corrected chi connectivity index (χ4v) is 1.93. The number of aryl methyl sites for hydroxylation is 1. The number of hydrogen-bond donors (Lipinski definition) is 0. The van der Waals surface area contributed by atoms with Gasteiger partial charge in [0.2, 0.25) is 0 Å². The highest BCUT2D eigenvalue weighted by Crippen LogP contribution is 2.19. The van der Waals surface area contributed by atoms with Crippen molar-refractivity contribution in [3.05, 3.63) is 18.0 Å². The van der Waals surface area contributed by atoms with Crippen molar-refractivity contribution < 1.29 is 14.3 Å². The molecule has 0 spiro atoms. The SMILES string of the molecule is CC(c1cnn(C)c1)N(C)C(=O)C1COCCO1. The first-order valence-electron chi connectivity index (χ1n) is 6.04. The molecule has 0 aromatic carbocycles. The number of ether oxygens (including phenoxy) is 2. The largest absolute Gasteiger partial charge is 0.376 e. The van der Waals surface area contributed by atoms with Crippen molar-refractivity contribution in [1.82, 2.24) is 14.7 Å². The Labute approximate surface area is 106 Å². The average molecular weight is 253 g/mol. The molecule has 0 bridgehead atoms. The summed E-state index contributed by atoms with van der Waals surface area (Å²) < 4.78 is 12.4. The van der Waals surface area contributed by atoms with Gasteiger partial charge in [-0.1, -0.05) is 0 Å². The van der Waals surface area contributed by atoms with Crippen molar-refractivity contribution in [2.45, 2.75) is 19.1 Å². The van der Waals surface area contributed by atoms with Crippen LogP contribution in [0.15, 0.2) is 12.4 Å². The van der Waals surface area contributed by atoms with E-state index in [-0.39, 0.29) is 11.9 Å². The van der Waals surface area contributed by atoms with Gasteiger partial charge < -0.3 is 14.4 Å². The Morgan fingerprint density at radius 2 is 2.39 bits per heavy atom. The smallest absolute Gasteiger partial charge is 0.254 e. The lowest BCUT2D eigenvalue weighted by molar-refractivity contribution is -0.158. The second-order valence-electron chi connectivity index (χ2n) is 4.51. The molecule has 2 atom stereocenters. The van der Waals surface area contributed by atoms with Gasteiger partial charge in [-0.05, 0) is 6.92 Å². The number of amides is 1. The second kappa shape index (κ2) is 5.49. The van der Waals surface area contributed by atoms with Gasteiger partial charge in [0.1, 0.15) is 0 Å². The number of carbonyl (C=O) groups excluding carboxylic acids is 1. The molecule has 2 heterocycles. The summed E-state index contributed by atoms with van der Waals surface area (Å²) in [7, 11) is 3.63. The van der Waals surface area contributed by atoms with Crippen molar-refractivity contribution in [2.75, 3.05) is 26.9 Å². The number of likely N-dealkylation sites (N-methyl/N-ethyl adjacent to an activating group) is 1. The van der Waals surface area contributed by atoms with Crippen LogP contribution >= 0.6 is 0 Å². The van der Waals surface area contributed by atoms with Gasteiger partial charge in [-0.2, -0.15) is 5.10 Å². The molecule has 1 aliphatic rings. The van der Waals surface area contributed by atoms with E-state index in [2.05, 4.69) is 5.10 Å². The molecule has 0 saturated carbocycles. The van der Waals surface area contributed by atoms with E-state index in [0.29, 0.717) is 19.8 Å². The topological polar surface area (TPSA) is 56.6 Å². The van der Waals surface area contributed by atoms with E-state index in [1.54, 1.807) is 22.8 Å². The Kier molecular flexibility index (Phi) is 3.98. The van der Waals surface area contributed by atoms with Crippen LogP contribution in [0.4, 0.5) is 0 Å². The zero-order chi connectivity index (χ0) is 13.1. The third-order valence-corrected chi connectivity index (χ3v) is 3.23. The molecule has 2 rings (SSSR count). The van der Waals surface area contributed by atoms with Crippen LogP contribution < -0.4 is 0 Å². The number of hydrogen-bond acceptors (Lipinski definition) is 4. The standard InChI is InChI=1S/C12H19N3O3/c1-9(10-6-13-14(2)7-10)15(3)12(16)11-8-17-4-5-18-11/h6-7,9,11H,4-5,8H2,1-3H3. The molecule has 1 saturated heterocycles. The van der Waals surface area contributed by atoms with E-state index >= 15 is 0 Å². The highest BCUT2D eigenvalue weighted by atomic mass is 16.6. The summed E-state index contributed by atoms with van der Waals surface area (Å²) in [6.07, 6.45) is 3.20. The molecule has 0 aliphatic carbocycles. The lowest BCUT2D eigenvalue weighted by Crippen LogP contribution is -2.44. The minimum Gasteiger partial charge on any atom is -0.376 e. The monoisotopic (exact) mass is 253 g/mol. The first kappa shape index (κ1) is 13.0. The van der Waals surface area contributed by atoms with Gasteiger partial charge >= 0.3 is 0 Å². The normalized spacial score (nSPS) is 21.6. The van der Waals surface area contributed by atoms with Crippen LogP contribution in [0.2, 0.25) is 0 Å². The van der Waals surface area contributed by atoms with Crippen LogP contribution in [0, 0.1) is 0 Å². The summed E-state index contributed by atoms with van der Waals surface area (Å²) in [5.74, 6) is -0.0500. The van der Waals surface area contributed by atoms with Gasteiger partial charge in [-0.25, -0.2) is 0 Å². The quantitative estimate of drug-likeness (QED) is 0.780. The summed E-state index contributed by atoms with van der Waals surface area (Å²) >= 11 is 0. The van der Waals surface area contributed by atoms with E-state index < -0.39 is 6.10 Å². The summed E-state index contributed by atoms with van der Waals surface area (Å²) in [4.78, 5) is 13.9. The number of carbonyl (C=O) groups is 1. The van der Waals surface area contributed by atoms with Crippen LogP contribution in [-0.4, -0.2) is 53.6 Å². The molecule has 100 valence electrons. The van der Waals surface area contributed by atoms with Crippen molar-refractivity contribution in [3.8, 4) is 0 Å². The van der Waals surface area contributed by atoms with Gasteiger partial charge in [0.05, 0.1) is 32.1 Å². The van der Waals surface area contributed by atoms with Crippen molar-refractivity contribution in [3.63, 3.8) is 0 Å². The molecular formula is C12H19N3O3. The van der Waals surface area contributed by atoms with Crippen molar-refractivity contribution >= 4 is 5.91 Å². The van der Waals surface area contributed by atoms with Crippen molar-refractivity contribution in [2.24, 2.45) is 7.05 Å². The van der Waals surface area contributed by atoms with Gasteiger partial charge in [0, 0.05) is 25.9 Å². The van der Waals surface area contributed by atoms with Crippen LogP contribution in [0.25, 0.3) is 0 Å². The van der Waals surface area contributed by atoms with Gasteiger partial charge in [-0.15, -0.1) is 0 Å². The first-order chi connectivity index (χ1) is 8.59. The van der Waals surface area contributed by atoms with Gasteiger partial charge in [0.15, 0.2) is 6.10 Å². The van der Waals surface area contributed by atoms with Gasteiger partial charge in [-0.3, -0.25) is 9.48 Å². The maximum atomic E-state index is 12.2. The molecule has 18 heavy (non-hydrogen) atoms. The van der Waals surface area contributed by atoms with E-state index in [4.69, 9.17) is 9.47 Å². The highest BCUT2D eigenvalue weighted by molar-refractivity contribution is 5.81. The van der Waals surface area contributed by atoms with Crippen LogP contribution in [0.3, 0.4) is 0 Å². The molecule has 1 aromatic rings. The van der Waals surface area contributed by atoms with Crippen LogP contribution in [0.5, 0.6) is 0 Å². The maximum Gasteiger partial charge on any atom is 0.254 e. The number of aromatic nitrogens is 2. The van der Waals surface area contributed by atoms with E-state index in [9.17, 15) is 4.79 Å². The van der Waals surface area contributed by atoms with E-state index in [1.165, 1.54) is 0 Å². The van der Waals surface area contributed by atoms with Crippen molar-refractivity contribution in [1.29, 1.82) is 0 Å². The minimum atomic E-state index is -0.483. The third kappa shape index (κ3) is 2.70. The average Bonchev–Trinajstić information content (AvgIpc) is 2.84. The van der Waals surface area contributed by atoms with E-state index in [0.717, 1.165) is 5.56 Å². The fraction of sp³-hybridized carbons (Fsp3) is 0.667. The first-order valence-corrected chi connectivity index (χ1v) is 6.04. The molecule has 2 unspecified atom stereocenters. The van der Waals surface area contributed by atoms with Crippen LogP contribution in [-0.2, 0) is 21.3 Å². The Hall–Kier alpha value is -1.40. The molecule has 1 aliphatic heterocycles. The van der Waals surface area contributed by atoms with E-state index in [1.807, 2.05) is 20.2 Å². The zero-order valence-electron chi connectivity index (χ0n) is 11.0. The Bertz CT molecular complexity index is 412. The molecule has 1 aromatic heterocycles. The van der Waals surface area contributed by atoms with Crippen LogP contribution in [0.1, 0.15) is 18.5 Å². The lowest BCUT2D eigenvalue weighted by atomic mass is 10.1. The fourth-order valence-electron chi connectivity index (χ4n) is 1.93. The Balaban J connectivity index is 2.01. The number of rotatable bonds is 3. The Morgan fingerprint density at radius 1 is 1.61 bits per heavy atom. The number of nitrogens with zero attached hydrogens (tertiary/aromatic N) is 3. The summed E-state index contributed by atoms with van der Waals surface area (Å²) in [5, 5.41) is 4.11. The third-order valence-electron chi connectivity index (χ3n) is 3.23. The molecule has 0 N–H and O–H groups in total. The second-order valence-corrected chi connectivity index (χ2v) is 4.51. The van der Waals surface area contributed by atoms with Gasteiger partial charge in [0.25, 0.3) is 5.91 Å². The molecule has 1 amide bonds. The molecule has 6 heteroatoms. The molecule has 0 radical (unpaired) electrons. The molecule has 6 nitrogen and oxygen atoms in total. The summed E-state index contributed by atoms with van der Waals surface area (Å²) in [6.45, 7) is 3.35. The zero-order valence-corrected chi connectivity index (χ0v) is 11.0. The maximum absolute atomic E-state index is 12.2. The summed E-state index contributed by atoms with van der Waals surface area (Å²) in [5.41, 5.74) is 1.00. The summed E-state index contributed by atoms with van der Waals surface area (Å²) in [6, 6.07) is -0.0308.